The summed E-state index contributed by atoms with van der Waals surface area (Å²) in [6.45, 7) is 5.89. The third-order valence-corrected chi connectivity index (χ3v) is 3.98. The molecule has 5 heteroatoms. The third-order valence-electron chi connectivity index (χ3n) is 3.37. The van der Waals surface area contributed by atoms with Crippen molar-refractivity contribution < 1.29 is 4.39 Å². The molecule has 0 saturated carbocycles. The Morgan fingerprint density at radius 1 is 1.35 bits per heavy atom. The SMILES string of the molecule is CNC(c1cccc(C)c1F)c1c(Br)cnn1C(C)C. The number of nitrogens with one attached hydrogen (secondary N) is 1. The number of halogens is 2. The van der Waals surface area contributed by atoms with Crippen LogP contribution in [-0.4, -0.2) is 16.8 Å². The first-order valence-electron chi connectivity index (χ1n) is 6.62. The normalized spacial score (nSPS) is 12.9. The number of benzene rings is 1. The van der Waals surface area contributed by atoms with E-state index in [0.717, 1.165) is 10.2 Å². The lowest BCUT2D eigenvalue weighted by atomic mass is 10.0. The van der Waals surface area contributed by atoms with Gasteiger partial charge in [-0.15, -0.1) is 0 Å². The van der Waals surface area contributed by atoms with Crippen LogP contribution < -0.4 is 5.32 Å². The monoisotopic (exact) mass is 339 g/mol. The van der Waals surface area contributed by atoms with Crippen LogP contribution in [0.25, 0.3) is 0 Å². The van der Waals surface area contributed by atoms with Gasteiger partial charge in [-0.1, -0.05) is 18.2 Å². The van der Waals surface area contributed by atoms with Crippen LogP contribution in [0.15, 0.2) is 28.9 Å². The maximum Gasteiger partial charge on any atom is 0.131 e. The molecule has 0 aliphatic rings. The molecule has 0 spiro atoms. The van der Waals surface area contributed by atoms with Crippen molar-refractivity contribution in [2.75, 3.05) is 7.05 Å². The molecule has 1 N–H and O–H groups in total. The fourth-order valence-corrected chi connectivity index (χ4v) is 2.87. The highest BCUT2D eigenvalue weighted by Gasteiger charge is 2.24. The van der Waals surface area contributed by atoms with Crippen LogP contribution in [0.3, 0.4) is 0 Å². The van der Waals surface area contributed by atoms with E-state index in [1.807, 2.05) is 23.9 Å². The number of rotatable bonds is 4. The van der Waals surface area contributed by atoms with Crippen LogP contribution in [0, 0.1) is 12.7 Å². The maximum atomic E-state index is 14.4. The molecule has 0 aliphatic heterocycles. The minimum Gasteiger partial charge on any atom is -0.308 e. The van der Waals surface area contributed by atoms with E-state index < -0.39 is 0 Å². The highest BCUT2D eigenvalue weighted by molar-refractivity contribution is 9.10. The zero-order chi connectivity index (χ0) is 14.9. The summed E-state index contributed by atoms with van der Waals surface area (Å²) in [4.78, 5) is 0. The van der Waals surface area contributed by atoms with Crippen molar-refractivity contribution in [1.82, 2.24) is 15.1 Å². The second-order valence-electron chi connectivity index (χ2n) is 5.12. The van der Waals surface area contributed by atoms with E-state index >= 15 is 0 Å². The van der Waals surface area contributed by atoms with Gasteiger partial charge in [0.2, 0.25) is 0 Å². The van der Waals surface area contributed by atoms with Crippen molar-refractivity contribution in [2.24, 2.45) is 0 Å². The average molecular weight is 340 g/mol. The summed E-state index contributed by atoms with van der Waals surface area (Å²) in [5.74, 6) is -0.171. The standard InChI is InChI=1S/C15H19BrFN3/c1-9(2)20-15(12(16)8-19-20)14(18-4)11-7-5-6-10(3)13(11)17/h5-9,14,18H,1-4H3. The molecule has 0 saturated heterocycles. The molecule has 1 heterocycles. The van der Waals surface area contributed by atoms with Gasteiger partial charge in [0.25, 0.3) is 0 Å². The van der Waals surface area contributed by atoms with Crippen LogP contribution >= 0.6 is 15.9 Å². The number of hydrogen-bond acceptors (Lipinski definition) is 2. The van der Waals surface area contributed by atoms with Gasteiger partial charge in [-0.05, 0) is 49.3 Å². The average Bonchev–Trinajstić information content (AvgIpc) is 2.78. The lowest BCUT2D eigenvalue weighted by molar-refractivity contribution is 0.474. The first kappa shape index (κ1) is 15.2. The lowest BCUT2D eigenvalue weighted by Gasteiger charge is -2.22. The Morgan fingerprint density at radius 2 is 2.05 bits per heavy atom. The molecule has 20 heavy (non-hydrogen) atoms. The van der Waals surface area contributed by atoms with Gasteiger partial charge in [-0.25, -0.2) is 4.39 Å². The first-order valence-corrected chi connectivity index (χ1v) is 7.41. The molecule has 2 rings (SSSR count). The predicted molar refractivity (Wildman–Crippen MR) is 82.4 cm³/mol. The minimum atomic E-state index is -0.242. The van der Waals surface area contributed by atoms with Gasteiger partial charge in [-0.2, -0.15) is 5.10 Å². The summed E-state index contributed by atoms with van der Waals surface area (Å²) < 4.78 is 17.2. The molecular formula is C15H19BrFN3. The molecule has 1 atom stereocenters. The van der Waals surface area contributed by atoms with Gasteiger partial charge in [0, 0.05) is 11.6 Å². The van der Waals surface area contributed by atoms with E-state index in [4.69, 9.17) is 0 Å². The van der Waals surface area contributed by atoms with Crippen molar-refractivity contribution in [3.8, 4) is 0 Å². The van der Waals surface area contributed by atoms with Crippen LogP contribution in [0.2, 0.25) is 0 Å². The number of nitrogens with zero attached hydrogens (tertiary/aromatic N) is 2. The van der Waals surface area contributed by atoms with Crippen molar-refractivity contribution in [2.45, 2.75) is 32.9 Å². The Hall–Kier alpha value is -1.20. The number of aromatic nitrogens is 2. The molecule has 0 radical (unpaired) electrons. The second-order valence-corrected chi connectivity index (χ2v) is 5.97. The van der Waals surface area contributed by atoms with Gasteiger partial charge in [0.05, 0.1) is 22.4 Å². The molecule has 0 fully saturated rings. The van der Waals surface area contributed by atoms with Crippen molar-refractivity contribution in [3.63, 3.8) is 0 Å². The molecule has 1 aromatic carbocycles. The van der Waals surface area contributed by atoms with E-state index in [9.17, 15) is 4.39 Å². The third kappa shape index (κ3) is 2.65. The number of aryl methyl sites for hydroxylation is 1. The van der Waals surface area contributed by atoms with Crippen molar-refractivity contribution >= 4 is 15.9 Å². The molecule has 0 aliphatic carbocycles. The van der Waals surface area contributed by atoms with Gasteiger partial charge in [0.15, 0.2) is 0 Å². The second kappa shape index (κ2) is 6.06. The van der Waals surface area contributed by atoms with Gasteiger partial charge in [0.1, 0.15) is 5.82 Å². The van der Waals surface area contributed by atoms with Gasteiger partial charge in [-0.3, -0.25) is 4.68 Å². The Bertz CT molecular complexity index is 607. The zero-order valence-electron chi connectivity index (χ0n) is 12.1. The van der Waals surface area contributed by atoms with E-state index in [1.165, 1.54) is 0 Å². The van der Waals surface area contributed by atoms with E-state index in [0.29, 0.717) is 11.1 Å². The lowest BCUT2D eigenvalue weighted by Crippen LogP contribution is -2.24. The molecular weight excluding hydrogens is 321 g/mol. The maximum absolute atomic E-state index is 14.4. The summed E-state index contributed by atoms with van der Waals surface area (Å²) in [6.07, 6.45) is 1.76. The fraction of sp³-hybridized carbons (Fsp3) is 0.400. The molecule has 1 unspecified atom stereocenters. The minimum absolute atomic E-state index is 0.171. The predicted octanol–water partition coefficient (Wildman–Crippen LogP) is 3.98. The summed E-state index contributed by atoms with van der Waals surface area (Å²) in [5.41, 5.74) is 2.22. The zero-order valence-corrected chi connectivity index (χ0v) is 13.7. The smallest absolute Gasteiger partial charge is 0.131 e. The van der Waals surface area contributed by atoms with Gasteiger partial charge >= 0.3 is 0 Å². The van der Waals surface area contributed by atoms with E-state index in [1.54, 1.807) is 19.2 Å². The van der Waals surface area contributed by atoms with Crippen molar-refractivity contribution in [1.29, 1.82) is 0 Å². The van der Waals surface area contributed by atoms with Gasteiger partial charge < -0.3 is 5.32 Å². The quantitative estimate of drug-likeness (QED) is 0.912. The van der Waals surface area contributed by atoms with Crippen LogP contribution in [-0.2, 0) is 0 Å². The molecule has 1 aromatic heterocycles. The highest BCUT2D eigenvalue weighted by atomic mass is 79.9. The Balaban J connectivity index is 2.58. The summed E-state index contributed by atoms with van der Waals surface area (Å²) in [5, 5.41) is 7.56. The Morgan fingerprint density at radius 3 is 2.65 bits per heavy atom. The highest BCUT2D eigenvalue weighted by Crippen LogP contribution is 2.32. The number of hydrogen-bond donors (Lipinski definition) is 1. The Kier molecular flexibility index (Phi) is 4.60. The summed E-state index contributed by atoms with van der Waals surface area (Å²) >= 11 is 3.52. The molecule has 3 nitrogen and oxygen atoms in total. The molecule has 2 aromatic rings. The summed E-state index contributed by atoms with van der Waals surface area (Å²) in [7, 11) is 1.83. The first-order chi connectivity index (χ1) is 9.47. The molecule has 0 bridgehead atoms. The molecule has 108 valence electrons. The Labute approximate surface area is 127 Å². The van der Waals surface area contributed by atoms with Crippen LogP contribution in [0.4, 0.5) is 4.39 Å². The van der Waals surface area contributed by atoms with Crippen LogP contribution in [0.1, 0.15) is 42.8 Å². The topological polar surface area (TPSA) is 29.9 Å². The fourth-order valence-electron chi connectivity index (χ4n) is 2.36. The van der Waals surface area contributed by atoms with Crippen LogP contribution in [0.5, 0.6) is 0 Å². The van der Waals surface area contributed by atoms with E-state index in [-0.39, 0.29) is 17.9 Å². The van der Waals surface area contributed by atoms with Crippen molar-refractivity contribution in [3.05, 3.63) is 51.5 Å². The molecule has 0 amide bonds. The summed E-state index contributed by atoms with van der Waals surface area (Å²) in [6, 6.07) is 5.44. The largest absolute Gasteiger partial charge is 0.308 e. The van der Waals surface area contributed by atoms with E-state index in [2.05, 4.69) is 40.2 Å².